The molecule has 0 atom stereocenters. The summed E-state index contributed by atoms with van der Waals surface area (Å²) in [7, 11) is 0. The Morgan fingerprint density at radius 1 is 1.33 bits per heavy atom. The van der Waals surface area contributed by atoms with Crippen LogP contribution in [0.25, 0.3) is 0 Å². The van der Waals surface area contributed by atoms with Crippen molar-refractivity contribution in [2.24, 2.45) is 0 Å². The third-order valence-corrected chi connectivity index (χ3v) is 2.32. The van der Waals surface area contributed by atoms with Crippen molar-refractivity contribution in [3.8, 4) is 5.75 Å². The summed E-state index contributed by atoms with van der Waals surface area (Å²) >= 11 is 0. The lowest BCUT2D eigenvalue weighted by molar-refractivity contribution is 0.112. The van der Waals surface area contributed by atoms with Gasteiger partial charge in [-0.3, -0.25) is 4.79 Å². The van der Waals surface area contributed by atoms with Gasteiger partial charge in [-0.2, -0.15) is 0 Å². The zero-order valence-electron chi connectivity index (χ0n) is 7.67. The molecule has 1 aliphatic heterocycles. The molecule has 0 saturated carbocycles. The normalized spacial score (nSPS) is 14.6. The summed E-state index contributed by atoms with van der Waals surface area (Å²) in [5.41, 5.74) is -0.283. The zero-order chi connectivity index (χ0) is 11.1. The number of carbonyl (C=O) groups is 1. The van der Waals surface area contributed by atoms with Crippen LogP contribution in [0.2, 0.25) is 0 Å². The first-order valence-corrected chi connectivity index (χ1v) is 4.47. The van der Waals surface area contributed by atoms with Gasteiger partial charge in [-0.05, 0) is 11.6 Å². The Hall–Kier alpha value is -1.46. The fraction of sp³-hybridized carbons (Fsp3) is 0.222. The fourth-order valence-electron chi connectivity index (χ4n) is 1.67. The predicted molar refractivity (Wildman–Crippen MR) is 49.7 cm³/mol. The summed E-state index contributed by atoms with van der Waals surface area (Å²) in [6.45, 7) is -4.88. The van der Waals surface area contributed by atoms with E-state index in [1.807, 2.05) is 0 Å². The molecule has 0 fully saturated rings. The highest BCUT2D eigenvalue weighted by Crippen LogP contribution is 2.28. The van der Waals surface area contributed by atoms with Gasteiger partial charge in [0.2, 0.25) is 0 Å². The third kappa shape index (κ3) is 1.71. The van der Waals surface area contributed by atoms with Crippen LogP contribution in [0.1, 0.15) is 15.9 Å². The predicted octanol–water partition coefficient (Wildman–Crippen LogP) is 1.49. The van der Waals surface area contributed by atoms with Gasteiger partial charge in [0.1, 0.15) is 6.29 Å². The highest BCUT2D eigenvalue weighted by molar-refractivity contribution is 6.74. The molecule has 1 aromatic carbocycles. The van der Waals surface area contributed by atoms with E-state index in [0.29, 0.717) is 18.3 Å². The lowest BCUT2D eigenvalue weighted by atomic mass is 9.77. The number of halogens is 3. The van der Waals surface area contributed by atoms with Gasteiger partial charge >= 0.3 is 6.98 Å². The summed E-state index contributed by atoms with van der Waals surface area (Å²) in [6.07, 6.45) is 0.847. The fourth-order valence-corrected chi connectivity index (χ4v) is 1.67. The number of carbonyl (C=O) groups excluding carboxylic acids is 1. The summed E-state index contributed by atoms with van der Waals surface area (Å²) < 4.78 is 42.8. The first kappa shape index (κ1) is 10.1. The Bertz CT molecular complexity index is 415. The van der Waals surface area contributed by atoms with Gasteiger partial charge in [0.25, 0.3) is 0 Å². The Labute approximate surface area is 84.1 Å². The molecule has 2 nitrogen and oxygen atoms in total. The molecule has 15 heavy (non-hydrogen) atoms. The minimum Gasteiger partial charge on any atom is -0.496 e. The molecular weight excluding hydrogens is 208 g/mol. The molecule has 1 aliphatic rings. The van der Waals surface area contributed by atoms with E-state index in [2.05, 4.69) is 0 Å². The molecule has 0 saturated heterocycles. The Morgan fingerprint density at radius 3 is 2.67 bits per heavy atom. The summed E-state index contributed by atoms with van der Waals surface area (Å²) in [6, 6.07) is 2.29. The van der Waals surface area contributed by atoms with Crippen LogP contribution in [0, 0.1) is 0 Å². The van der Waals surface area contributed by atoms with Crippen molar-refractivity contribution < 1.29 is 22.5 Å². The number of fused-ring (bicyclic) bond motifs is 1. The Kier molecular flexibility index (Phi) is 2.21. The largest absolute Gasteiger partial charge is 0.513 e. The second-order valence-corrected chi connectivity index (χ2v) is 3.39. The maximum atomic E-state index is 12.6. The molecule has 1 aromatic rings. The average Bonchev–Trinajstić information content (AvgIpc) is 2.61. The van der Waals surface area contributed by atoms with E-state index in [0.717, 1.165) is 6.07 Å². The van der Waals surface area contributed by atoms with Crippen molar-refractivity contribution in [3.63, 3.8) is 0 Å². The lowest BCUT2D eigenvalue weighted by Gasteiger charge is -2.18. The first-order chi connectivity index (χ1) is 7.02. The molecule has 0 unspecified atom stereocenters. The van der Waals surface area contributed by atoms with Gasteiger partial charge in [-0.15, -0.1) is 0 Å². The van der Waals surface area contributed by atoms with Crippen LogP contribution < -0.4 is 10.2 Å². The molecule has 80 valence electrons. The van der Waals surface area contributed by atoms with Crippen molar-refractivity contribution in [2.45, 2.75) is 6.42 Å². The van der Waals surface area contributed by atoms with Gasteiger partial charge in [0, 0.05) is 12.0 Å². The van der Waals surface area contributed by atoms with E-state index >= 15 is 0 Å². The first-order valence-electron chi connectivity index (χ1n) is 4.47. The maximum Gasteiger partial charge on any atom is 0.513 e. The quantitative estimate of drug-likeness (QED) is 0.551. The van der Waals surface area contributed by atoms with Crippen molar-refractivity contribution >= 4 is 18.7 Å². The number of aldehydes is 1. The molecule has 1 heterocycles. The van der Waals surface area contributed by atoms with Gasteiger partial charge < -0.3 is 17.7 Å². The van der Waals surface area contributed by atoms with E-state index in [9.17, 15) is 17.7 Å². The molecule has 2 rings (SSSR count). The van der Waals surface area contributed by atoms with Crippen LogP contribution in [0.15, 0.2) is 12.1 Å². The SMILES string of the molecule is O=Cc1cc2c(c([B-](F)(F)F)c1)OCC2. The van der Waals surface area contributed by atoms with Crippen molar-refractivity contribution in [1.29, 1.82) is 0 Å². The minimum atomic E-state index is -5.13. The summed E-state index contributed by atoms with van der Waals surface area (Å²) in [5, 5.41) is 0. The van der Waals surface area contributed by atoms with E-state index < -0.39 is 12.4 Å². The molecule has 0 spiro atoms. The van der Waals surface area contributed by atoms with Crippen molar-refractivity contribution in [3.05, 3.63) is 23.3 Å². The number of rotatable bonds is 2. The van der Waals surface area contributed by atoms with Crippen LogP contribution in [0.4, 0.5) is 12.9 Å². The van der Waals surface area contributed by atoms with Crippen LogP contribution in [-0.4, -0.2) is 19.9 Å². The van der Waals surface area contributed by atoms with Gasteiger partial charge in [0.05, 0.1) is 12.4 Å². The minimum absolute atomic E-state index is 0.0495. The van der Waals surface area contributed by atoms with Crippen molar-refractivity contribution in [2.75, 3.05) is 6.61 Å². The van der Waals surface area contributed by atoms with E-state index in [4.69, 9.17) is 4.74 Å². The summed E-state index contributed by atoms with van der Waals surface area (Å²) in [5.74, 6) is -0.104. The Morgan fingerprint density at radius 2 is 2.07 bits per heavy atom. The van der Waals surface area contributed by atoms with Crippen LogP contribution in [0.3, 0.4) is 0 Å². The molecular formula is C9H7BF3O2-. The van der Waals surface area contributed by atoms with Gasteiger partial charge in [0.15, 0.2) is 0 Å². The van der Waals surface area contributed by atoms with E-state index in [1.54, 1.807) is 0 Å². The van der Waals surface area contributed by atoms with Gasteiger partial charge in [-0.1, -0.05) is 11.5 Å². The van der Waals surface area contributed by atoms with Crippen LogP contribution in [-0.2, 0) is 6.42 Å². The second kappa shape index (κ2) is 3.29. The summed E-state index contributed by atoms with van der Waals surface area (Å²) in [4.78, 5) is 10.5. The Balaban J connectivity index is 2.62. The van der Waals surface area contributed by atoms with E-state index in [1.165, 1.54) is 6.07 Å². The monoisotopic (exact) mass is 215 g/mol. The van der Waals surface area contributed by atoms with Crippen LogP contribution in [0.5, 0.6) is 5.75 Å². The molecule has 6 heteroatoms. The molecule has 0 aromatic heterocycles. The topological polar surface area (TPSA) is 26.3 Å². The highest BCUT2D eigenvalue weighted by atomic mass is 19.4. The van der Waals surface area contributed by atoms with Crippen molar-refractivity contribution in [1.82, 2.24) is 0 Å². The van der Waals surface area contributed by atoms with E-state index in [-0.39, 0.29) is 17.9 Å². The van der Waals surface area contributed by atoms with Crippen LogP contribution >= 0.6 is 0 Å². The number of hydrogen-bond donors (Lipinski definition) is 0. The number of benzene rings is 1. The highest BCUT2D eigenvalue weighted by Gasteiger charge is 2.32. The maximum absolute atomic E-state index is 12.6. The molecule has 0 radical (unpaired) electrons. The average molecular weight is 215 g/mol. The zero-order valence-corrected chi connectivity index (χ0v) is 7.67. The number of ether oxygens (including phenoxy) is 1. The standard InChI is InChI=1S/C9H7BF3O2/c11-10(12,13)8-4-6(5-14)3-7-1-2-15-9(7)8/h3-5H,1-2H2/q-1. The molecule has 0 N–H and O–H groups in total. The second-order valence-electron chi connectivity index (χ2n) is 3.39. The van der Waals surface area contributed by atoms with Gasteiger partial charge in [-0.25, -0.2) is 0 Å². The molecule has 0 aliphatic carbocycles. The number of hydrogen-bond acceptors (Lipinski definition) is 2. The lowest BCUT2D eigenvalue weighted by Crippen LogP contribution is -2.35. The smallest absolute Gasteiger partial charge is 0.496 e. The molecule has 0 bridgehead atoms. The third-order valence-electron chi connectivity index (χ3n) is 2.32. The molecule has 0 amide bonds.